The zero-order chi connectivity index (χ0) is 15.6. The van der Waals surface area contributed by atoms with Crippen LogP contribution in [0, 0.1) is 27.1 Å². The monoisotopic (exact) mass is 290 g/mol. The predicted octanol–water partition coefficient (Wildman–Crippen LogP) is 6.98. The molecule has 0 radical (unpaired) electrons. The smallest absolute Gasteiger partial charge is 0.0269 e. The van der Waals surface area contributed by atoms with Crippen molar-refractivity contribution in [2.24, 2.45) is 27.1 Å². The zero-order valence-electron chi connectivity index (χ0n) is 15.6. The molecule has 0 aliphatic heterocycles. The van der Waals surface area contributed by atoms with Gasteiger partial charge in [-0.2, -0.15) is 0 Å². The Hall–Kier alpha value is 0. The molecule has 4 fully saturated rings. The average Bonchev–Trinajstić information content (AvgIpc) is 2.42. The van der Waals surface area contributed by atoms with Crippen molar-refractivity contribution in [3.63, 3.8) is 0 Å². The maximum absolute atomic E-state index is 2.66. The molecule has 0 aromatic heterocycles. The highest BCUT2D eigenvalue weighted by Crippen LogP contribution is 2.66. The van der Waals surface area contributed by atoms with Crippen LogP contribution in [0.5, 0.6) is 0 Å². The summed E-state index contributed by atoms with van der Waals surface area (Å²) in [6.07, 6.45) is 14.7. The third-order valence-electron chi connectivity index (χ3n) is 9.23. The highest BCUT2D eigenvalue weighted by molar-refractivity contribution is 5.05. The van der Waals surface area contributed by atoms with Gasteiger partial charge in [0, 0.05) is 0 Å². The first-order valence-corrected chi connectivity index (χ1v) is 9.54. The third kappa shape index (κ3) is 2.31. The molecule has 21 heavy (non-hydrogen) atoms. The Morgan fingerprint density at radius 3 is 1.57 bits per heavy atom. The molecule has 4 rings (SSSR count). The molecule has 0 saturated heterocycles. The van der Waals surface area contributed by atoms with Gasteiger partial charge in [0.25, 0.3) is 0 Å². The largest absolute Gasteiger partial charge is 0.0596 e. The third-order valence-corrected chi connectivity index (χ3v) is 9.23. The van der Waals surface area contributed by atoms with Crippen LogP contribution >= 0.6 is 0 Å². The molecule has 0 aromatic rings. The van der Waals surface area contributed by atoms with Crippen LogP contribution in [0.1, 0.15) is 106 Å². The number of hydrogen-bond acceptors (Lipinski definition) is 0. The second kappa shape index (κ2) is 4.51. The van der Waals surface area contributed by atoms with Gasteiger partial charge < -0.3 is 0 Å². The normalized spacial score (nSPS) is 53.4. The topological polar surface area (TPSA) is 0 Å². The number of fused-ring (bicyclic) bond motifs is 6. The fourth-order valence-corrected chi connectivity index (χ4v) is 6.28. The van der Waals surface area contributed by atoms with Crippen molar-refractivity contribution in [1.82, 2.24) is 0 Å². The van der Waals surface area contributed by atoms with E-state index in [2.05, 4.69) is 41.5 Å². The molecule has 4 bridgehead atoms. The first-order valence-electron chi connectivity index (χ1n) is 9.54. The van der Waals surface area contributed by atoms with Gasteiger partial charge in [0.1, 0.15) is 0 Å². The Balaban J connectivity index is 2.15. The van der Waals surface area contributed by atoms with Crippen LogP contribution in [0.3, 0.4) is 0 Å². The summed E-state index contributed by atoms with van der Waals surface area (Å²) in [5, 5.41) is 0. The Morgan fingerprint density at radius 2 is 0.952 bits per heavy atom. The molecule has 0 heteroatoms. The molecule has 0 spiro atoms. The van der Waals surface area contributed by atoms with E-state index in [1.54, 1.807) is 0 Å². The summed E-state index contributed by atoms with van der Waals surface area (Å²) < 4.78 is 0. The van der Waals surface area contributed by atoms with E-state index in [0.717, 1.165) is 0 Å². The average molecular weight is 291 g/mol. The Kier molecular flexibility index (Phi) is 3.41. The summed E-state index contributed by atoms with van der Waals surface area (Å²) in [4.78, 5) is 0. The van der Waals surface area contributed by atoms with Crippen LogP contribution in [-0.4, -0.2) is 0 Å². The lowest BCUT2D eigenvalue weighted by Gasteiger charge is -2.50. The lowest BCUT2D eigenvalue weighted by Crippen LogP contribution is -2.40. The summed E-state index contributed by atoms with van der Waals surface area (Å²) in [7, 11) is 0. The van der Waals surface area contributed by atoms with Gasteiger partial charge in [-0.15, -0.1) is 0 Å². The van der Waals surface area contributed by atoms with E-state index in [9.17, 15) is 0 Å². The molecule has 0 amide bonds. The zero-order valence-corrected chi connectivity index (χ0v) is 15.6. The van der Waals surface area contributed by atoms with Crippen molar-refractivity contribution in [2.45, 2.75) is 106 Å². The van der Waals surface area contributed by atoms with E-state index in [-0.39, 0.29) is 0 Å². The first kappa shape index (κ1) is 15.9. The number of rotatable bonds is 0. The lowest BCUT2D eigenvalue weighted by atomic mass is 9.55. The molecule has 4 unspecified atom stereocenters. The quantitative estimate of drug-likeness (QED) is 0.451. The minimum Gasteiger partial charge on any atom is -0.0596 e. The molecule has 0 heterocycles. The first-order chi connectivity index (χ1) is 9.54. The molecule has 0 N–H and O–H groups in total. The van der Waals surface area contributed by atoms with Crippen LogP contribution in [0.15, 0.2) is 0 Å². The fraction of sp³-hybridized carbons (Fsp3) is 1.00. The SMILES string of the molecule is CC12CCC3(C)CCCC(C)(C1)C(C)(C)CCC3(C)CC2. The van der Waals surface area contributed by atoms with Crippen molar-refractivity contribution >= 4 is 0 Å². The van der Waals surface area contributed by atoms with E-state index < -0.39 is 0 Å². The second-order valence-electron chi connectivity index (χ2n) is 10.9. The molecule has 4 aliphatic rings. The summed E-state index contributed by atoms with van der Waals surface area (Å²) in [6, 6.07) is 0. The Labute approximate surface area is 133 Å². The van der Waals surface area contributed by atoms with Crippen molar-refractivity contribution < 1.29 is 0 Å². The van der Waals surface area contributed by atoms with Crippen LogP contribution in [0.2, 0.25) is 0 Å². The molecule has 4 aliphatic carbocycles. The molecule has 0 nitrogen and oxygen atoms in total. The van der Waals surface area contributed by atoms with E-state index >= 15 is 0 Å². The van der Waals surface area contributed by atoms with Crippen LogP contribution in [-0.2, 0) is 0 Å². The highest BCUT2D eigenvalue weighted by Gasteiger charge is 2.55. The number of hydrogen-bond donors (Lipinski definition) is 0. The molecular formula is C21H38. The van der Waals surface area contributed by atoms with Gasteiger partial charge in [-0.1, -0.05) is 48.0 Å². The van der Waals surface area contributed by atoms with Gasteiger partial charge in [-0.25, -0.2) is 0 Å². The summed E-state index contributed by atoms with van der Waals surface area (Å²) in [6.45, 7) is 15.8. The summed E-state index contributed by atoms with van der Waals surface area (Å²) in [5.41, 5.74) is 2.82. The van der Waals surface area contributed by atoms with E-state index in [1.807, 2.05) is 0 Å². The maximum Gasteiger partial charge on any atom is -0.0269 e. The van der Waals surface area contributed by atoms with Crippen LogP contribution in [0.25, 0.3) is 0 Å². The molecule has 0 aromatic carbocycles. The molecule has 4 saturated carbocycles. The minimum absolute atomic E-state index is 0.502. The van der Waals surface area contributed by atoms with E-state index in [1.165, 1.54) is 64.2 Å². The lowest BCUT2D eigenvalue weighted by molar-refractivity contribution is 0.00168. The fourth-order valence-electron chi connectivity index (χ4n) is 6.28. The predicted molar refractivity (Wildman–Crippen MR) is 92.4 cm³/mol. The van der Waals surface area contributed by atoms with Gasteiger partial charge in [-0.3, -0.25) is 0 Å². The molecule has 4 atom stereocenters. The van der Waals surface area contributed by atoms with Crippen molar-refractivity contribution in [3.05, 3.63) is 0 Å². The van der Waals surface area contributed by atoms with Crippen LogP contribution in [0.4, 0.5) is 0 Å². The minimum atomic E-state index is 0.502. The molecule has 122 valence electrons. The molecular weight excluding hydrogens is 252 g/mol. The van der Waals surface area contributed by atoms with Gasteiger partial charge in [0.15, 0.2) is 0 Å². The summed E-state index contributed by atoms with van der Waals surface area (Å²) in [5.74, 6) is 0. The summed E-state index contributed by atoms with van der Waals surface area (Å²) >= 11 is 0. The van der Waals surface area contributed by atoms with E-state index in [4.69, 9.17) is 0 Å². The van der Waals surface area contributed by atoms with E-state index in [0.29, 0.717) is 27.1 Å². The Bertz CT molecular complexity index is 418. The van der Waals surface area contributed by atoms with Crippen molar-refractivity contribution in [2.75, 3.05) is 0 Å². The van der Waals surface area contributed by atoms with Gasteiger partial charge in [-0.05, 0) is 84.9 Å². The van der Waals surface area contributed by atoms with Gasteiger partial charge in [0.2, 0.25) is 0 Å². The van der Waals surface area contributed by atoms with Gasteiger partial charge in [0.05, 0.1) is 0 Å². The maximum atomic E-state index is 2.66. The van der Waals surface area contributed by atoms with Gasteiger partial charge >= 0.3 is 0 Å². The standard InChI is InChI=1S/C21H38/c1-17(2)10-13-20(5)15-12-18(3)11-14-19(20,4)8-7-9-21(17,6)16-18/h7-16H2,1-6H3. The van der Waals surface area contributed by atoms with Crippen molar-refractivity contribution in [3.8, 4) is 0 Å². The Morgan fingerprint density at radius 1 is 0.476 bits per heavy atom. The highest BCUT2D eigenvalue weighted by atomic mass is 14.6. The van der Waals surface area contributed by atoms with Crippen LogP contribution < -0.4 is 0 Å². The second-order valence-corrected chi connectivity index (χ2v) is 10.9. The van der Waals surface area contributed by atoms with Crippen molar-refractivity contribution in [1.29, 1.82) is 0 Å².